The molecule has 1 aromatic carbocycles. The van der Waals surface area contributed by atoms with Gasteiger partial charge in [0.1, 0.15) is 0 Å². The molecule has 4 nitrogen and oxygen atoms in total. The largest absolute Gasteiger partial charge is 0.378 e. The molecule has 1 heterocycles. The molecule has 2 aromatic rings. The summed E-state index contributed by atoms with van der Waals surface area (Å²) in [5.41, 5.74) is 3.12. The molecule has 3 rings (SSSR count). The Morgan fingerprint density at radius 2 is 2.00 bits per heavy atom. The SMILES string of the molecule is Cc1nc(-c2ccc(CC(=O)NCCCOC3CCCCC3)cc2)cs1. The van der Waals surface area contributed by atoms with E-state index in [1.165, 1.54) is 32.1 Å². The van der Waals surface area contributed by atoms with Crippen molar-refractivity contribution in [3.63, 3.8) is 0 Å². The number of carbonyl (C=O) groups excluding carboxylic acids is 1. The van der Waals surface area contributed by atoms with Gasteiger partial charge in [0, 0.05) is 24.1 Å². The first-order valence-electron chi connectivity index (χ1n) is 9.60. The molecule has 0 unspecified atom stereocenters. The number of nitrogens with one attached hydrogen (secondary N) is 1. The first kappa shape index (κ1) is 19.1. The molecular formula is C21H28N2O2S. The predicted molar refractivity (Wildman–Crippen MR) is 106 cm³/mol. The summed E-state index contributed by atoms with van der Waals surface area (Å²) >= 11 is 1.65. The van der Waals surface area contributed by atoms with Crippen molar-refractivity contribution >= 4 is 17.2 Å². The Morgan fingerprint density at radius 1 is 1.23 bits per heavy atom. The van der Waals surface area contributed by atoms with Crippen molar-refractivity contribution in [2.24, 2.45) is 0 Å². The topological polar surface area (TPSA) is 51.2 Å². The van der Waals surface area contributed by atoms with Crippen molar-refractivity contribution in [1.29, 1.82) is 0 Å². The molecule has 1 aliphatic rings. The maximum absolute atomic E-state index is 12.1. The van der Waals surface area contributed by atoms with Crippen LogP contribution in [0.3, 0.4) is 0 Å². The molecule has 1 amide bonds. The van der Waals surface area contributed by atoms with E-state index in [9.17, 15) is 4.79 Å². The number of amides is 1. The number of hydrogen-bond donors (Lipinski definition) is 1. The lowest BCUT2D eigenvalue weighted by atomic mass is 9.98. The molecule has 0 spiro atoms. The molecule has 1 N–H and O–H groups in total. The number of ether oxygens (including phenoxy) is 1. The van der Waals surface area contributed by atoms with Crippen LogP contribution in [0.25, 0.3) is 11.3 Å². The molecule has 0 bridgehead atoms. The van der Waals surface area contributed by atoms with Crippen LogP contribution in [-0.4, -0.2) is 30.1 Å². The Hall–Kier alpha value is -1.72. The van der Waals surface area contributed by atoms with Gasteiger partial charge in [-0.15, -0.1) is 11.3 Å². The second-order valence-electron chi connectivity index (χ2n) is 6.96. The van der Waals surface area contributed by atoms with Crippen LogP contribution >= 0.6 is 11.3 Å². The Morgan fingerprint density at radius 3 is 2.69 bits per heavy atom. The summed E-state index contributed by atoms with van der Waals surface area (Å²) in [7, 11) is 0. The third kappa shape index (κ3) is 5.92. The van der Waals surface area contributed by atoms with Gasteiger partial charge in [-0.3, -0.25) is 4.79 Å². The average molecular weight is 373 g/mol. The lowest BCUT2D eigenvalue weighted by Crippen LogP contribution is -2.27. The smallest absolute Gasteiger partial charge is 0.224 e. The first-order valence-corrected chi connectivity index (χ1v) is 10.5. The number of rotatable bonds is 8. The number of benzene rings is 1. The second kappa shape index (κ2) is 9.83. The lowest BCUT2D eigenvalue weighted by Gasteiger charge is -2.21. The number of hydrogen-bond acceptors (Lipinski definition) is 4. The summed E-state index contributed by atoms with van der Waals surface area (Å²) in [6.45, 7) is 3.43. The number of thiazole rings is 1. The Bertz CT molecular complexity index is 690. The van der Waals surface area contributed by atoms with Crippen LogP contribution in [-0.2, 0) is 16.0 Å². The number of carbonyl (C=O) groups is 1. The van der Waals surface area contributed by atoms with Crippen LogP contribution in [0.5, 0.6) is 0 Å². The zero-order valence-electron chi connectivity index (χ0n) is 15.5. The van der Waals surface area contributed by atoms with Crippen molar-refractivity contribution in [2.75, 3.05) is 13.2 Å². The van der Waals surface area contributed by atoms with Gasteiger partial charge < -0.3 is 10.1 Å². The molecular weight excluding hydrogens is 344 g/mol. The fourth-order valence-electron chi connectivity index (χ4n) is 3.32. The van der Waals surface area contributed by atoms with Crippen molar-refractivity contribution in [1.82, 2.24) is 10.3 Å². The lowest BCUT2D eigenvalue weighted by molar-refractivity contribution is -0.120. The fraction of sp³-hybridized carbons (Fsp3) is 0.524. The normalized spacial score (nSPS) is 15.1. The molecule has 0 atom stereocenters. The minimum Gasteiger partial charge on any atom is -0.378 e. The highest BCUT2D eigenvalue weighted by molar-refractivity contribution is 7.09. The van der Waals surface area contributed by atoms with Crippen molar-refractivity contribution in [3.05, 3.63) is 40.2 Å². The second-order valence-corrected chi connectivity index (χ2v) is 8.02. The molecule has 1 saturated carbocycles. The molecule has 0 radical (unpaired) electrons. The average Bonchev–Trinajstić information content (AvgIpc) is 3.09. The number of nitrogens with zero attached hydrogens (tertiary/aromatic N) is 1. The van der Waals surface area contributed by atoms with E-state index in [1.54, 1.807) is 11.3 Å². The highest BCUT2D eigenvalue weighted by Crippen LogP contribution is 2.22. The maximum atomic E-state index is 12.1. The Labute approximate surface area is 160 Å². The van der Waals surface area contributed by atoms with E-state index in [2.05, 4.69) is 15.7 Å². The zero-order chi connectivity index (χ0) is 18.2. The van der Waals surface area contributed by atoms with Gasteiger partial charge in [0.25, 0.3) is 0 Å². The van der Waals surface area contributed by atoms with Gasteiger partial charge in [0.05, 0.1) is 23.2 Å². The highest BCUT2D eigenvalue weighted by atomic mass is 32.1. The van der Waals surface area contributed by atoms with Crippen LogP contribution in [0.1, 0.15) is 49.1 Å². The fourth-order valence-corrected chi connectivity index (χ4v) is 3.94. The summed E-state index contributed by atoms with van der Waals surface area (Å²) in [4.78, 5) is 16.6. The minimum absolute atomic E-state index is 0.0694. The number of aryl methyl sites for hydroxylation is 1. The van der Waals surface area contributed by atoms with Gasteiger partial charge in [0.2, 0.25) is 5.91 Å². The molecule has 0 saturated heterocycles. The van der Waals surface area contributed by atoms with Crippen LogP contribution in [0.4, 0.5) is 0 Å². The van der Waals surface area contributed by atoms with E-state index in [0.717, 1.165) is 34.9 Å². The third-order valence-corrected chi connectivity index (χ3v) is 5.56. The Balaban J connectivity index is 1.34. The molecule has 1 aliphatic carbocycles. The van der Waals surface area contributed by atoms with E-state index in [-0.39, 0.29) is 5.91 Å². The van der Waals surface area contributed by atoms with Crippen molar-refractivity contribution < 1.29 is 9.53 Å². The van der Waals surface area contributed by atoms with Crippen LogP contribution in [0.2, 0.25) is 0 Å². The molecule has 0 aliphatic heterocycles. The van der Waals surface area contributed by atoms with Crippen LogP contribution in [0.15, 0.2) is 29.6 Å². The molecule has 140 valence electrons. The van der Waals surface area contributed by atoms with Gasteiger partial charge in [-0.1, -0.05) is 43.5 Å². The van der Waals surface area contributed by atoms with E-state index in [4.69, 9.17) is 4.74 Å². The summed E-state index contributed by atoms with van der Waals surface area (Å²) < 4.78 is 5.88. The first-order chi connectivity index (χ1) is 12.7. The van der Waals surface area contributed by atoms with Crippen LogP contribution < -0.4 is 5.32 Å². The monoisotopic (exact) mass is 372 g/mol. The minimum atomic E-state index is 0.0694. The van der Waals surface area contributed by atoms with E-state index in [0.29, 0.717) is 19.1 Å². The third-order valence-electron chi connectivity index (χ3n) is 4.78. The van der Waals surface area contributed by atoms with E-state index < -0.39 is 0 Å². The standard InChI is InChI=1S/C21H28N2O2S/c1-16-23-20(15-26-16)18-10-8-17(9-11-18)14-21(24)22-12-5-13-25-19-6-3-2-4-7-19/h8-11,15,19H,2-7,12-14H2,1H3,(H,22,24). The summed E-state index contributed by atoms with van der Waals surface area (Å²) in [6.07, 6.45) is 8.07. The van der Waals surface area contributed by atoms with E-state index >= 15 is 0 Å². The molecule has 1 aromatic heterocycles. The quantitative estimate of drug-likeness (QED) is 0.693. The molecule has 5 heteroatoms. The summed E-state index contributed by atoms with van der Waals surface area (Å²) in [5, 5.41) is 6.12. The summed E-state index contributed by atoms with van der Waals surface area (Å²) in [6, 6.07) is 8.09. The van der Waals surface area contributed by atoms with Crippen molar-refractivity contribution in [3.8, 4) is 11.3 Å². The van der Waals surface area contributed by atoms with Crippen molar-refractivity contribution in [2.45, 2.75) is 58.0 Å². The summed E-state index contributed by atoms with van der Waals surface area (Å²) in [5.74, 6) is 0.0694. The maximum Gasteiger partial charge on any atom is 0.224 e. The van der Waals surface area contributed by atoms with Crippen LogP contribution in [0, 0.1) is 6.92 Å². The van der Waals surface area contributed by atoms with Gasteiger partial charge in [-0.05, 0) is 31.7 Å². The van der Waals surface area contributed by atoms with Gasteiger partial charge in [0.15, 0.2) is 0 Å². The van der Waals surface area contributed by atoms with Gasteiger partial charge in [-0.2, -0.15) is 0 Å². The molecule has 26 heavy (non-hydrogen) atoms. The molecule has 1 fully saturated rings. The Kier molecular flexibility index (Phi) is 7.21. The highest BCUT2D eigenvalue weighted by Gasteiger charge is 2.13. The van der Waals surface area contributed by atoms with E-state index in [1.807, 2.05) is 31.2 Å². The zero-order valence-corrected chi connectivity index (χ0v) is 16.3. The van der Waals surface area contributed by atoms with Gasteiger partial charge in [-0.25, -0.2) is 4.98 Å². The number of aromatic nitrogens is 1. The van der Waals surface area contributed by atoms with Gasteiger partial charge >= 0.3 is 0 Å². The predicted octanol–water partition coefficient (Wildman–Crippen LogP) is 4.52.